The van der Waals surface area contributed by atoms with E-state index in [1.807, 2.05) is 53.4 Å². The van der Waals surface area contributed by atoms with Gasteiger partial charge < -0.3 is 19.6 Å². The minimum absolute atomic E-state index is 0.0263. The van der Waals surface area contributed by atoms with Crippen LogP contribution < -0.4 is 5.32 Å². The van der Waals surface area contributed by atoms with Crippen LogP contribution in [0.3, 0.4) is 0 Å². The van der Waals surface area contributed by atoms with Crippen LogP contribution in [-0.2, 0) is 17.8 Å². The number of benzene rings is 2. The summed E-state index contributed by atoms with van der Waals surface area (Å²) >= 11 is 0. The third-order valence-corrected chi connectivity index (χ3v) is 5.89. The molecule has 0 atom stereocenters. The third kappa shape index (κ3) is 4.63. The number of rotatable bonds is 7. The number of pyridine rings is 1. The van der Waals surface area contributed by atoms with Crippen molar-refractivity contribution >= 4 is 22.5 Å². The Morgan fingerprint density at radius 3 is 2.46 bits per heavy atom. The maximum Gasteiger partial charge on any atom is 0.225 e. The highest BCUT2D eigenvalue weighted by molar-refractivity contribution is 5.93. The minimum Gasteiger partial charge on any atom is -0.494 e. The number of amides is 1. The van der Waals surface area contributed by atoms with Gasteiger partial charge >= 0.3 is 0 Å². The Kier molecular flexibility index (Phi) is 6.01. The van der Waals surface area contributed by atoms with Crippen molar-refractivity contribution in [1.82, 2.24) is 14.1 Å². The SMILES string of the molecule is O=C(CCc1c2c(F)cccc2c(O)n1Cc1ccc(-n2cccc2)cc1)Nc1ccc(F)cn1. The molecule has 176 valence electrons. The van der Waals surface area contributed by atoms with Crippen molar-refractivity contribution < 1.29 is 18.7 Å². The zero-order chi connectivity index (χ0) is 24.4. The molecule has 5 aromatic rings. The zero-order valence-corrected chi connectivity index (χ0v) is 18.7. The van der Waals surface area contributed by atoms with Crippen molar-refractivity contribution in [2.24, 2.45) is 0 Å². The van der Waals surface area contributed by atoms with Gasteiger partial charge in [-0.1, -0.05) is 18.2 Å². The minimum atomic E-state index is -0.500. The summed E-state index contributed by atoms with van der Waals surface area (Å²) < 4.78 is 31.5. The van der Waals surface area contributed by atoms with Crippen LogP contribution in [0.2, 0.25) is 0 Å². The van der Waals surface area contributed by atoms with Gasteiger partial charge in [-0.25, -0.2) is 13.8 Å². The molecule has 0 radical (unpaired) electrons. The van der Waals surface area contributed by atoms with Crippen LogP contribution in [0.15, 0.2) is 85.3 Å². The van der Waals surface area contributed by atoms with E-state index in [9.17, 15) is 18.7 Å². The Bertz CT molecular complexity index is 1470. The lowest BCUT2D eigenvalue weighted by Gasteiger charge is -2.12. The highest BCUT2D eigenvalue weighted by Gasteiger charge is 2.20. The topological polar surface area (TPSA) is 72.1 Å². The monoisotopic (exact) mass is 472 g/mol. The molecule has 0 unspecified atom stereocenters. The Labute approximate surface area is 200 Å². The molecule has 0 aliphatic carbocycles. The molecular formula is C27H22F2N4O2. The smallest absolute Gasteiger partial charge is 0.225 e. The van der Waals surface area contributed by atoms with Gasteiger partial charge in [0.1, 0.15) is 17.5 Å². The van der Waals surface area contributed by atoms with E-state index >= 15 is 0 Å². The first kappa shape index (κ1) is 22.3. The number of nitrogens with zero attached hydrogens (tertiary/aromatic N) is 3. The fraction of sp³-hybridized carbons (Fsp3) is 0.111. The van der Waals surface area contributed by atoms with Crippen molar-refractivity contribution in [3.8, 4) is 11.6 Å². The molecule has 6 nitrogen and oxygen atoms in total. The van der Waals surface area contributed by atoms with Crippen LogP contribution in [0.4, 0.5) is 14.6 Å². The summed E-state index contributed by atoms with van der Waals surface area (Å²) in [6, 6.07) is 18.8. The largest absolute Gasteiger partial charge is 0.494 e. The number of hydrogen-bond donors (Lipinski definition) is 2. The van der Waals surface area contributed by atoms with Gasteiger partial charge in [0.2, 0.25) is 5.91 Å². The van der Waals surface area contributed by atoms with Crippen LogP contribution in [-0.4, -0.2) is 25.1 Å². The van der Waals surface area contributed by atoms with Gasteiger partial charge in [0, 0.05) is 41.0 Å². The number of nitrogens with one attached hydrogen (secondary N) is 1. The van der Waals surface area contributed by atoms with Gasteiger partial charge in [0.25, 0.3) is 0 Å². The van der Waals surface area contributed by atoms with E-state index in [4.69, 9.17) is 0 Å². The predicted molar refractivity (Wildman–Crippen MR) is 130 cm³/mol. The summed E-state index contributed by atoms with van der Waals surface area (Å²) in [6.45, 7) is 0.308. The van der Waals surface area contributed by atoms with E-state index in [1.165, 1.54) is 18.2 Å². The Balaban J connectivity index is 1.41. The summed E-state index contributed by atoms with van der Waals surface area (Å²) in [5.74, 6) is -1.13. The molecule has 0 saturated heterocycles. The number of anilines is 1. The van der Waals surface area contributed by atoms with Gasteiger partial charge in [-0.3, -0.25) is 4.79 Å². The second kappa shape index (κ2) is 9.42. The molecule has 35 heavy (non-hydrogen) atoms. The lowest BCUT2D eigenvalue weighted by Crippen LogP contribution is -2.15. The Morgan fingerprint density at radius 1 is 0.971 bits per heavy atom. The Hall–Kier alpha value is -4.46. The molecular weight excluding hydrogens is 450 g/mol. The molecule has 1 amide bonds. The molecule has 0 fully saturated rings. The Morgan fingerprint density at radius 2 is 1.74 bits per heavy atom. The number of hydrogen-bond acceptors (Lipinski definition) is 3. The molecule has 3 heterocycles. The maximum absolute atomic E-state index is 14.8. The van der Waals surface area contributed by atoms with Crippen LogP contribution in [0.25, 0.3) is 16.5 Å². The fourth-order valence-corrected chi connectivity index (χ4v) is 4.19. The first-order valence-electron chi connectivity index (χ1n) is 11.1. The number of halogens is 2. The number of aromatic nitrogens is 3. The van der Waals surface area contributed by atoms with Crippen molar-refractivity contribution in [3.05, 3.63) is 108 Å². The van der Waals surface area contributed by atoms with E-state index in [-0.39, 0.29) is 30.4 Å². The summed E-state index contributed by atoms with van der Waals surface area (Å²) in [4.78, 5) is 16.3. The first-order chi connectivity index (χ1) is 17.0. The molecule has 0 spiro atoms. The molecule has 0 bridgehead atoms. The molecule has 0 aliphatic heterocycles. The van der Waals surface area contributed by atoms with Crippen LogP contribution >= 0.6 is 0 Å². The lowest BCUT2D eigenvalue weighted by atomic mass is 10.1. The summed E-state index contributed by atoms with van der Waals surface area (Å²) in [6.07, 6.45) is 5.13. The number of fused-ring (bicyclic) bond motifs is 1. The van der Waals surface area contributed by atoms with Gasteiger partial charge in [0.05, 0.1) is 12.7 Å². The zero-order valence-electron chi connectivity index (χ0n) is 18.7. The van der Waals surface area contributed by atoms with E-state index in [2.05, 4.69) is 10.3 Å². The second-order valence-corrected chi connectivity index (χ2v) is 8.19. The summed E-state index contributed by atoms with van der Waals surface area (Å²) in [5.41, 5.74) is 2.43. The molecule has 5 rings (SSSR count). The fourth-order valence-electron chi connectivity index (χ4n) is 4.19. The van der Waals surface area contributed by atoms with E-state index in [0.717, 1.165) is 17.4 Å². The molecule has 2 aromatic carbocycles. The van der Waals surface area contributed by atoms with Gasteiger partial charge in [-0.15, -0.1) is 0 Å². The second-order valence-electron chi connectivity index (χ2n) is 8.19. The molecule has 0 saturated carbocycles. The van der Waals surface area contributed by atoms with Crippen LogP contribution in [0.1, 0.15) is 17.7 Å². The van der Waals surface area contributed by atoms with Crippen LogP contribution in [0, 0.1) is 11.6 Å². The third-order valence-electron chi connectivity index (χ3n) is 5.89. The normalized spacial score (nSPS) is 11.1. The van der Waals surface area contributed by atoms with Crippen molar-refractivity contribution in [2.45, 2.75) is 19.4 Å². The van der Waals surface area contributed by atoms with Crippen molar-refractivity contribution in [3.63, 3.8) is 0 Å². The highest BCUT2D eigenvalue weighted by atomic mass is 19.1. The highest BCUT2D eigenvalue weighted by Crippen LogP contribution is 2.35. The van der Waals surface area contributed by atoms with Crippen molar-refractivity contribution in [1.29, 1.82) is 0 Å². The first-order valence-corrected chi connectivity index (χ1v) is 11.1. The number of aromatic hydroxyl groups is 1. The van der Waals surface area contributed by atoms with Gasteiger partial charge in [-0.05, 0) is 60.5 Å². The van der Waals surface area contributed by atoms with Gasteiger partial charge in [0.15, 0.2) is 5.88 Å². The standard InChI is InChI=1S/C27H22F2N4O2/c28-19-8-12-24(30-16-19)31-25(34)13-11-23-26-21(4-3-5-22(26)29)27(35)33(23)17-18-6-9-20(10-7-18)32-14-1-2-15-32/h1-10,12,14-16,35H,11,13,17H2,(H,30,31,34). The molecule has 0 aliphatic rings. The summed E-state index contributed by atoms with van der Waals surface area (Å²) in [5, 5.41) is 14.2. The average Bonchev–Trinajstić information content (AvgIpc) is 3.48. The van der Waals surface area contributed by atoms with E-state index in [0.29, 0.717) is 23.0 Å². The van der Waals surface area contributed by atoms with E-state index < -0.39 is 11.6 Å². The van der Waals surface area contributed by atoms with Crippen LogP contribution in [0.5, 0.6) is 5.88 Å². The number of carbonyl (C=O) groups is 1. The quantitative estimate of drug-likeness (QED) is 0.332. The number of aryl methyl sites for hydroxylation is 1. The number of carbonyl (C=O) groups excluding carboxylic acids is 1. The lowest BCUT2D eigenvalue weighted by molar-refractivity contribution is -0.116. The van der Waals surface area contributed by atoms with E-state index in [1.54, 1.807) is 16.7 Å². The summed E-state index contributed by atoms with van der Waals surface area (Å²) in [7, 11) is 0. The van der Waals surface area contributed by atoms with Crippen molar-refractivity contribution in [2.75, 3.05) is 5.32 Å². The van der Waals surface area contributed by atoms with Gasteiger partial charge in [-0.2, -0.15) is 0 Å². The predicted octanol–water partition coefficient (Wildman–Crippen LogP) is 5.43. The molecule has 2 N–H and O–H groups in total. The average molecular weight is 472 g/mol. The molecule has 8 heteroatoms. The molecule has 3 aromatic heterocycles. The maximum atomic E-state index is 14.8.